The lowest BCUT2D eigenvalue weighted by atomic mass is 10.1. The van der Waals surface area contributed by atoms with E-state index in [9.17, 15) is 9.59 Å². The predicted molar refractivity (Wildman–Crippen MR) is 82.6 cm³/mol. The zero-order chi connectivity index (χ0) is 16.0. The van der Waals surface area contributed by atoms with Gasteiger partial charge in [0.15, 0.2) is 0 Å². The molecule has 0 radical (unpaired) electrons. The Morgan fingerprint density at radius 3 is 2.24 bits per heavy atom. The predicted octanol–water partition coefficient (Wildman–Crippen LogP) is 2.61. The number of nitrogens with one attached hydrogen (secondary N) is 1. The van der Waals surface area contributed by atoms with E-state index in [1.165, 1.54) is 0 Å². The second-order valence-electron chi connectivity index (χ2n) is 5.58. The summed E-state index contributed by atoms with van der Waals surface area (Å²) in [6, 6.07) is 6.79. The van der Waals surface area contributed by atoms with Gasteiger partial charge in [0.1, 0.15) is 0 Å². The fraction of sp³-hybridized carbons (Fsp3) is 0.500. The average Bonchev–Trinajstić information content (AvgIpc) is 2.45. The number of carboxylic acid groups (broad SMARTS) is 1. The van der Waals surface area contributed by atoms with Crippen molar-refractivity contribution in [2.75, 3.05) is 13.6 Å². The second kappa shape index (κ2) is 7.67. The van der Waals surface area contributed by atoms with Crippen LogP contribution in [-0.4, -0.2) is 41.6 Å². The highest BCUT2D eigenvalue weighted by Gasteiger charge is 2.17. The number of nitrogens with zero attached hydrogens (tertiary/aromatic N) is 1. The van der Waals surface area contributed by atoms with E-state index in [0.29, 0.717) is 18.9 Å². The van der Waals surface area contributed by atoms with Crippen molar-refractivity contribution in [3.63, 3.8) is 0 Å². The second-order valence-corrected chi connectivity index (χ2v) is 5.58. The topological polar surface area (TPSA) is 69.6 Å². The first kappa shape index (κ1) is 17.0. The minimum absolute atomic E-state index is 0.0849. The number of carbonyl (C=O) groups is 2. The van der Waals surface area contributed by atoms with Crippen molar-refractivity contribution < 1.29 is 14.7 Å². The number of aromatic carboxylic acids is 1. The third-order valence-electron chi connectivity index (χ3n) is 3.79. The molecule has 0 aliphatic carbocycles. The molecule has 0 aliphatic heterocycles. The summed E-state index contributed by atoms with van der Waals surface area (Å²) in [6.07, 6.45) is 0.676. The summed E-state index contributed by atoms with van der Waals surface area (Å²) >= 11 is 0. The molecule has 1 aromatic carbocycles. The third-order valence-corrected chi connectivity index (χ3v) is 3.79. The van der Waals surface area contributed by atoms with Gasteiger partial charge < -0.3 is 15.3 Å². The number of hydrogen-bond donors (Lipinski definition) is 2. The Labute approximate surface area is 126 Å². The van der Waals surface area contributed by atoms with E-state index in [1.807, 2.05) is 6.92 Å². The Bertz CT molecular complexity index is 483. The molecular formula is C16H24N2O3. The van der Waals surface area contributed by atoms with Gasteiger partial charge in [-0.3, -0.25) is 0 Å². The molecule has 0 spiro atoms. The zero-order valence-electron chi connectivity index (χ0n) is 13.1. The molecule has 116 valence electrons. The van der Waals surface area contributed by atoms with Gasteiger partial charge in [-0.15, -0.1) is 0 Å². The molecule has 0 fully saturated rings. The maximum atomic E-state index is 12.0. The zero-order valence-corrected chi connectivity index (χ0v) is 13.1. The highest BCUT2D eigenvalue weighted by Crippen LogP contribution is 2.08. The number of carbonyl (C=O) groups excluding carboxylic acids is 1. The van der Waals surface area contributed by atoms with Crippen LogP contribution in [0.15, 0.2) is 24.3 Å². The van der Waals surface area contributed by atoms with Crippen LogP contribution in [0.5, 0.6) is 0 Å². The molecule has 1 unspecified atom stereocenters. The Kier molecular flexibility index (Phi) is 6.21. The lowest BCUT2D eigenvalue weighted by molar-refractivity contribution is 0.0697. The van der Waals surface area contributed by atoms with Crippen LogP contribution in [0.1, 0.15) is 36.7 Å². The SMILES string of the molecule is CC(C)C(C)N(C)C(=O)NCCc1ccc(C(=O)O)cc1. The van der Waals surface area contributed by atoms with Crippen LogP contribution in [0.3, 0.4) is 0 Å². The lowest BCUT2D eigenvalue weighted by Crippen LogP contribution is -2.44. The Balaban J connectivity index is 2.42. The minimum Gasteiger partial charge on any atom is -0.478 e. The van der Waals surface area contributed by atoms with E-state index in [4.69, 9.17) is 5.11 Å². The van der Waals surface area contributed by atoms with Crippen molar-refractivity contribution in [1.29, 1.82) is 0 Å². The van der Waals surface area contributed by atoms with E-state index in [-0.39, 0.29) is 17.6 Å². The summed E-state index contributed by atoms with van der Waals surface area (Å²) in [4.78, 5) is 24.4. The first-order chi connectivity index (χ1) is 9.82. The molecule has 0 aromatic heterocycles. The quantitative estimate of drug-likeness (QED) is 0.846. The first-order valence-corrected chi connectivity index (χ1v) is 7.15. The van der Waals surface area contributed by atoms with Gasteiger partial charge in [-0.25, -0.2) is 9.59 Å². The number of hydrogen-bond acceptors (Lipinski definition) is 2. The van der Waals surface area contributed by atoms with Crippen molar-refractivity contribution in [2.24, 2.45) is 5.92 Å². The number of amides is 2. The average molecular weight is 292 g/mol. The first-order valence-electron chi connectivity index (χ1n) is 7.15. The molecule has 0 aliphatic rings. The molecule has 2 amide bonds. The van der Waals surface area contributed by atoms with Crippen molar-refractivity contribution in [3.8, 4) is 0 Å². The lowest BCUT2D eigenvalue weighted by Gasteiger charge is -2.28. The molecular weight excluding hydrogens is 268 g/mol. The summed E-state index contributed by atoms with van der Waals surface area (Å²) < 4.78 is 0. The summed E-state index contributed by atoms with van der Waals surface area (Å²) in [6.45, 7) is 6.71. The molecule has 5 heteroatoms. The summed E-state index contributed by atoms with van der Waals surface area (Å²) in [5, 5.41) is 11.7. The summed E-state index contributed by atoms with van der Waals surface area (Å²) in [5.41, 5.74) is 1.27. The molecule has 1 aromatic rings. The van der Waals surface area contributed by atoms with E-state index < -0.39 is 5.97 Å². The molecule has 1 atom stereocenters. The monoisotopic (exact) mass is 292 g/mol. The summed E-state index contributed by atoms with van der Waals surface area (Å²) in [7, 11) is 1.79. The maximum absolute atomic E-state index is 12.0. The third kappa shape index (κ3) is 5.10. The molecule has 0 saturated carbocycles. The fourth-order valence-electron chi connectivity index (χ4n) is 1.88. The van der Waals surface area contributed by atoms with Crippen molar-refractivity contribution >= 4 is 12.0 Å². The van der Waals surface area contributed by atoms with Gasteiger partial charge in [-0.05, 0) is 37.0 Å². The van der Waals surface area contributed by atoms with Crippen LogP contribution in [0.4, 0.5) is 4.79 Å². The number of rotatable bonds is 6. The molecule has 1 rings (SSSR count). The van der Waals surface area contributed by atoms with Gasteiger partial charge in [-0.2, -0.15) is 0 Å². The maximum Gasteiger partial charge on any atom is 0.335 e. The van der Waals surface area contributed by atoms with E-state index >= 15 is 0 Å². The van der Waals surface area contributed by atoms with Crippen LogP contribution in [0.25, 0.3) is 0 Å². The molecule has 21 heavy (non-hydrogen) atoms. The van der Waals surface area contributed by atoms with Gasteiger partial charge in [0.05, 0.1) is 5.56 Å². The normalized spacial score (nSPS) is 12.0. The highest BCUT2D eigenvalue weighted by atomic mass is 16.4. The molecule has 0 bridgehead atoms. The van der Waals surface area contributed by atoms with Gasteiger partial charge in [0, 0.05) is 19.6 Å². The van der Waals surface area contributed by atoms with Crippen LogP contribution >= 0.6 is 0 Å². The van der Waals surface area contributed by atoms with Crippen LogP contribution in [0, 0.1) is 5.92 Å². The molecule has 0 heterocycles. The van der Waals surface area contributed by atoms with Crippen molar-refractivity contribution in [2.45, 2.75) is 33.2 Å². The fourth-order valence-corrected chi connectivity index (χ4v) is 1.88. The largest absolute Gasteiger partial charge is 0.478 e. The van der Waals surface area contributed by atoms with Crippen LogP contribution in [0.2, 0.25) is 0 Å². The Hall–Kier alpha value is -2.04. The van der Waals surface area contributed by atoms with Crippen molar-refractivity contribution in [3.05, 3.63) is 35.4 Å². The van der Waals surface area contributed by atoms with E-state index in [1.54, 1.807) is 36.2 Å². The van der Waals surface area contributed by atoms with Gasteiger partial charge in [-0.1, -0.05) is 26.0 Å². The molecule has 0 saturated heterocycles. The number of benzene rings is 1. The number of urea groups is 1. The van der Waals surface area contributed by atoms with Gasteiger partial charge in [0.2, 0.25) is 0 Å². The van der Waals surface area contributed by atoms with Crippen molar-refractivity contribution in [1.82, 2.24) is 10.2 Å². The highest BCUT2D eigenvalue weighted by molar-refractivity contribution is 5.87. The van der Waals surface area contributed by atoms with E-state index in [0.717, 1.165) is 5.56 Å². The Morgan fingerprint density at radius 2 is 1.76 bits per heavy atom. The van der Waals surface area contributed by atoms with Crippen LogP contribution < -0.4 is 5.32 Å². The van der Waals surface area contributed by atoms with E-state index in [2.05, 4.69) is 19.2 Å². The number of carboxylic acids is 1. The minimum atomic E-state index is -0.931. The Morgan fingerprint density at radius 1 is 1.19 bits per heavy atom. The van der Waals surface area contributed by atoms with Gasteiger partial charge >= 0.3 is 12.0 Å². The molecule has 5 nitrogen and oxygen atoms in total. The smallest absolute Gasteiger partial charge is 0.335 e. The molecule has 2 N–H and O–H groups in total. The van der Waals surface area contributed by atoms with Crippen LogP contribution in [-0.2, 0) is 6.42 Å². The standard InChI is InChI=1S/C16H24N2O3/c1-11(2)12(3)18(4)16(21)17-10-9-13-5-7-14(8-6-13)15(19)20/h5-8,11-12H,9-10H2,1-4H3,(H,17,21)(H,19,20). The summed E-state index contributed by atoms with van der Waals surface area (Å²) in [5.74, 6) is -0.525. The van der Waals surface area contributed by atoms with Gasteiger partial charge in [0.25, 0.3) is 0 Å².